The first-order valence-corrected chi connectivity index (χ1v) is 11.3. The summed E-state index contributed by atoms with van der Waals surface area (Å²) in [6, 6.07) is 26.2. The number of hydrogen-bond donors (Lipinski definition) is 0. The van der Waals surface area contributed by atoms with Crippen LogP contribution in [0.5, 0.6) is 0 Å². The number of benzene rings is 3. The molecule has 1 fully saturated rings. The normalized spacial score (nSPS) is 15.0. The van der Waals surface area contributed by atoms with E-state index in [1.54, 1.807) is 9.80 Å². The molecule has 0 radical (unpaired) electrons. The van der Waals surface area contributed by atoms with Gasteiger partial charge in [-0.15, -0.1) is 0 Å². The largest absolute Gasteiger partial charge is 0.448 e. The highest BCUT2D eigenvalue weighted by Gasteiger charge is 2.31. The van der Waals surface area contributed by atoms with Crippen molar-refractivity contribution in [3.63, 3.8) is 0 Å². The molecule has 3 aromatic carbocycles. The van der Waals surface area contributed by atoms with Crippen molar-refractivity contribution in [1.29, 1.82) is 0 Å². The van der Waals surface area contributed by atoms with E-state index in [2.05, 4.69) is 24.3 Å². The van der Waals surface area contributed by atoms with Gasteiger partial charge < -0.3 is 19.3 Å². The second kappa shape index (κ2) is 9.36. The van der Waals surface area contributed by atoms with Crippen molar-refractivity contribution in [2.45, 2.75) is 12.5 Å². The molecule has 0 spiro atoms. The van der Waals surface area contributed by atoms with Crippen LogP contribution in [0.1, 0.15) is 22.6 Å². The summed E-state index contributed by atoms with van der Waals surface area (Å²) < 4.78 is 11.1. The fourth-order valence-electron chi connectivity index (χ4n) is 4.57. The van der Waals surface area contributed by atoms with Gasteiger partial charge in [0.1, 0.15) is 13.2 Å². The van der Waals surface area contributed by atoms with Crippen molar-refractivity contribution in [2.75, 3.05) is 32.8 Å². The van der Waals surface area contributed by atoms with Crippen molar-refractivity contribution < 1.29 is 19.1 Å². The molecule has 0 saturated carbocycles. The number of rotatable bonds is 4. The van der Waals surface area contributed by atoms with Crippen molar-refractivity contribution >= 4 is 12.2 Å². The van der Waals surface area contributed by atoms with Crippen LogP contribution in [0.4, 0.5) is 9.59 Å². The lowest BCUT2D eigenvalue weighted by Gasteiger charge is -2.33. The number of piperazine rings is 1. The molecule has 1 aliphatic heterocycles. The van der Waals surface area contributed by atoms with Crippen LogP contribution < -0.4 is 0 Å². The molecule has 168 valence electrons. The van der Waals surface area contributed by atoms with E-state index in [0.29, 0.717) is 32.8 Å². The third kappa shape index (κ3) is 4.42. The standard InChI is InChI=1S/C27H26N2O4/c30-26(32-18-20-8-2-1-3-9-20)28-14-16-29(17-15-28)27(31)33-19-25-23-12-6-4-10-21(23)22-11-5-7-13-24(22)25/h1-13,25H,14-19H2. The zero-order chi connectivity index (χ0) is 22.6. The van der Waals surface area contributed by atoms with Crippen LogP contribution >= 0.6 is 0 Å². The topological polar surface area (TPSA) is 59.1 Å². The summed E-state index contributed by atoms with van der Waals surface area (Å²) in [6.45, 7) is 2.25. The SMILES string of the molecule is O=C(OCc1ccccc1)N1CCN(C(=O)OCC2c3ccccc3-c3ccccc32)CC1. The van der Waals surface area contributed by atoms with Gasteiger partial charge in [0, 0.05) is 32.1 Å². The molecule has 33 heavy (non-hydrogen) atoms. The molecule has 6 nitrogen and oxygen atoms in total. The van der Waals surface area contributed by atoms with Crippen LogP contribution in [0.3, 0.4) is 0 Å². The van der Waals surface area contributed by atoms with Crippen LogP contribution in [-0.2, 0) is 16.1 Å². The maximum Gasteiger partial charge on any atom is 0.410 e. The molecule has 1 saturated heterocycles. The number of amides is 2. The van der Waals surface area contributed by atoms with Crippen LogP contribution in [0.15, 0.2) is 78.9 Å². The predicted molar refractivity (Wildman–Crippen MR) is 125 cm³/mol. The molecule has 6 heteroatoms. The second-order valence-corrected chi connectivity index (χ2v) is 8.32. The van der Waals surface area contributed by atoms with E-state index in [9.17, 15) is 9.59 Å². The summed E-state index contributed by atoms with van der Waals surface area (Å²) >= 11 is 0. The van der Waals surface area contributed by atoms with Gasteiger partial charge in [-0.05, 0) is 27.8 Å². The van der Waals surface area contributed by atoms with E-state index in [1.165, 1.54) is 22.3 Å². The lowest BCUT2D eigenvalue weighted by atomic mass is 9.98. The molecule has 0 bridgehead atoms. The average Bonchev–Trinajstić information content (AvgIpc) is 3.20. The third-order valence-electron chi connectivity index (χ3n) is 6.34. The molecule has 2 amide bonds. The van der Waals surface area contributed by atoms with Gasteiger partial charge in [0.05, 0.1) is 0 Å². The highest BCUT2D eigenvalue weighted by Crippen LogP contribution is 2.44. The van der Waals surface area contributed by atoms with E-state index in [4.69, 9.17) is 9.47 Å². The lowest BCUT2D eigenvalue weighted by Crippen LogP contribution is -2.51. The van der Waals surface area contributed by atoms with Crippen molar-refractivity contribution in [3.8, 4) is 11.1 Å². The van der Waals surface area contributed by atoms with E-state index >= 15 is 0 Å². The van der Waals surface area contributed by atoms with Gasteiger partial charge in [0.25, 0.3) is 0 Å². The van der Waals surface area contributed by atoms with Crippen molar-refractivity contribution in [2.24, 2.45) is 0 Å². The van der Waals surface area contributed by atoms with E-state index < -0.39 is 0 Å². The molecular weight excluding hydrogens is 416 g/mol. The Bertz CT molecular complexity index is 1090. The van der Waals surface area contributed by atoms with Gasteiger partial charge >= 0.3 is 12.2 Å². The molecule has 3 aromatic rings. The number of ether oxygens (including phenoxy) is 2. The second-order valence-electron chi connectivity index (χ2n) is 8.32. The minimum Gasteiger partial charge on any atom is -0.448 e. The first kappa shape index (κ1) is 21.1. The van der Waals surface area contributed by atoms with Crippen LogP contribution in [-0.4, -0.2) is 54.8 Å². The smallest absolute Gasteiger partial charge is 0.410 e. The first-order valence-electron chi connectivity index (χ1n) is 11.3. The average molecular weight is 443 g/mol. The Kier molecular flexibility index (Phi) is 5.98. The Morgan fingerprint density at radius 3 is 1.73 bits per heavy atom. The predicted octanol–water partition coefficient (Wildman–Crippen LogP) is 4.89. The zero-order valence-corrected chi connectivity index (χ0v) is 18.4. The van der Waals surface area contributed by atoms with Gasteiger partial charge in [0.2, 0.25) is 0 Å². The minimum atomic E-state index is -0.356. The van der Waals surface area contributed by atoms with Crippen LogP contribution in [0, 0.1) is 0 Å². The van der Waals surface area contributed by atoms with Gasteiger partial charge in [-0.2, -0.15) is 0 Å². The van der Waals surface area contributed by atoms with Gasteiger partial charge in [-0.25, -0.2) is 9.59 Å². The molecule has 1 aliphatic carbocycles. The Morgan fingerprint density at radius 2 is 1.15 bits per heavy atom. The fourth-order valence-corrected chi connectivity index (χ4v) is 4.57. The minimum absolute atomic E-state index is 0.0376. The van der Waals surface area contributed by atoms with Crippen LogP contribution in [0.25, 0.3) is 11.1 Å². The monoisotopic (exact) mass is 442 g/mol. The number of hydrogen-bond acceptors (Lipinski definition) is 4. The maximum atomic E-state index is 12.7. The summed E-state index contributed by atoms with van der Waals surface area (Å²) in [5.74, 6) is 0.0376. The number of fused-ring (bicyclic) bond motifs is 3. The number of carbonyl (C=O) groups excluding carboxylic acids is 2. The third-order valence-corrected chi connectivity index (χ3v) is 6.34. The summed E-state index contributed by atoms with van der Waals surface area (Å²) in [4.78, 5) is 28.4. The lowest BCUT2D eigenvalue weighted by molar-refractivity contribution is 0.0572. The molecule has 0 N–H and O–H groups in total. The van der Waals surface area contributed by atoms with E-state index in [0.717, 1.165) is 5.56 Å². The molecule has 0 aromatic heterocycles. The summed E-state index contributed by atoms with van der Waals surface area (Å²) in [5, 5.41) is 0. The summed E-state index contributed by atoms with van der Waals surface area (Å²) in [6.07, 6.45) is -0.694. The van der Waals surface area contributed by atoms with Crippen molar-refractivity contribution in [3.05, 3.63) is 95.6 Å². The van der Waals surface area contributed by atoms with Crippen molar-refractivity contribution in [1.82, 2.24) is 9.80 Å². The van der Waals surface area contributed by atoms with Gasteiger partial charge in [-0.1, -0.05) is 78.9 Å². The molecule has 5 rings (SSSR count). The molecule has 0 unspecified atom stereocenters. The molecule has 1 heterocycles. The number of nitrogens with zero attached hydrogens (tertiary/aromatic N) is 2. The highest BCUT2D eigenvalue weighted by atomic mass is 16.6. The molecular formula is C27H26N2O4. The Balaban J connectivity index is 1.13. The summed E-state index contributed by atoms with van der Waals surface area (Å²) in [7, 11) is 0. The maximum absolute atomic E-state index is 12.7. The number of carbonyl (C=O) groups is 2. The highest BCUT2D eigenvalue weighted by molar-refractivity contribution is 5.79. The Labute approximate surface area is 193 Å². The van der Waals surface area contributed by atoms with Crippen LogP contribution in [0.2, 0.25) is 0 Å². The summed E-state index contributed by atoms with van der Waals surface area (Å²) in [5.41, 5.74) is 5.74. The zero-order valence-electron chi connectivity index (χ0n) is 18.4. The van der Waals surface area contributed by atoms with E-state index in [-0.39, 0.29) is 24.7 Å². The van der Waals surface area contributed by atoms with Gasteiger partial charge in [-0.3, -0.25) is 0 Å². The molecule has 2 aliphatic rings. The first-order chi connectivity index (χ1) is 16.2. The van der Waals surface area contributed by atoms with Gasteiger partial charge in [0.15, 0.2) is 0 Å². The Hall–Kier alpha value is -3.80. The molecule has 0 atom stereocenters. The quantitative estimate of drug-likeness (QED) is 0.577. The Morgan fingerprint density at radius 1 is 0.667 bits per heavy atom. The fraction of sp³-hybridized carbons (Fsp3) is 0.259. The van der Waals surface area contributed by atoms with E-state index in [1.807, 2.05) is 54.6 Å².